The SMILES string of the molecule is CCOCCCNC(=O)c1ccc(C(C)Cl)o1. The van der Waals surface area contributed by atoms with Crippen LogP contribution in [0.2, 0.25) is 0 Å². The molecule has 0 aliphatic carbocycles. The molecule has 1 unspecified atom stereocenters. The largest absolute Gasteiger partial charge is 0.454 e. The van der Waals surface area contributed by atoms with Gasteiger partial charge in [-0.2, -0.15) is 0 Å². The van der Waals surface area contributed by atoms with Gasteiger partial charge in [-0.05, 0) is 32.4 Å². The van der Waals surface area contributed by atoms with Crippen LogP contribution in [-0.4, -0.2) is 25.7 Å². The zero-order valence-corrected chi connectivity index (χ0v) is 10.9. The van der Waals surface area contributed by atoms with Crippen LogP contribution in [0.4, 0.5) is 0 Å². The number of rotatable bonds is 7. The summed E-state index contributed by atoms with van der Waals surface area (Å²) in [5.41, 5.74) is 0. The molecule has 0 saturated carbocycles. The van der Waals surface area contributed by atoms with Gasteiger partial charge in [0.25, 0.3) is 5.91 Å². The number of hydrogen-bond acceptors (Lipinski definition) is 3. The predicted molar refractivity (Wildman–Crippen MR) is 66.4 cm³/mol. The number of halogens is 1. The molecule has 1 atom stereocenters. The first-order chi connectivity index (χ1) is 8.15. The Morgan fingerprint density at radius 3 is 2.94 bits per heavy atom. The summed E-state index contributed by atoms with van der Waals surface area (Å²) < 4.78 is 10.5. The van der Waals surface area contributed by atoms with Crippen LogP contribution >= 0.6 is 11.6 Å². The van der Waals surface area contributed by atoms with Gasteiger partial charge in [0.05, 0.1) is 5.38 Å². The molecule has 1 aromatic rings. The lowest BCUT2D eigenvalue weighted by Crippen LogP contribution is -2.24. The van der Waals surface area contributed by atoms with E-state index in [1.54, 1.807) is 19.1 Å². The van der Waals surface area contributed by atoms with E-state index in [0.717, 1.165) is 6.42 Å². The van der Waals surface area contributed by atoms with E-state index in [2.05, 4.69) is 5.32 Å². The average Bonchev–Trinajstić information content (AvgIpc) is 2.78. The Morgan fingerprint density at radius 1 is 1.59 bits per heavy atom. The van der Waals surface area contributed by atoms with Gasteiger partial charge in [-0.3, -0.25) is 4.79 Å². The fourth-order valence-corrected chi connectivity index (χ4v) is 1.41. The molecule has 1 N–H and O–H groups in total. The van der Waals surface area contributed by atoms with Gasteiger partial charge in [0.1, 0.15) is 5.76 Å². The van der Waals surface area contributed by atoms with Crippen molar-refractivity contribution in [2.75, 3.05) is 19.8 Å². The molecule has 0 saturated heterocycles. The highest BCUT2D eigenvalue weighted by Gasteiger charge is 2.12. The summed E-state index contributed by atoms with van der Waals surface area (Å²) in [6.45, 7) is 5.66. The normalized spacial score (nSPS) is 12.4. The first-order valence-electron chi connectivity index (χ1n) is 5.75. The standard InChI is InChI=1S/C12H18ClNO3/c1-3-16-8-4-7-14-12(15)11-6-5-10(17-11)9(2)13/h5-6,9H,3-4,7-8H2,1-2H3,(H,14,15). The molecule has 4 nitrogen and oxygen atoms in total. The maximum absolute atomic E-state index is 11.6. The lowest BCUT2D eigenvalue weighted by molar-refractivity contribution is 0.0915. The van der Waals surface area contributed by atoms with Gasteiger partial charge >= 0.3 is 0 Å². The summed E-state index contributed by atoms with van der Waals surface area (Å²) in [7, 11) is 0. The Labute approximate surface area is 106 Å². The second-order valence-corrected chi connectivity index (χ2v) is 4.28. The zero-order valence-electron chi connectivity index (χ0n) is 10.2. The van der Waals surface area contributed by atoms with Gasteiger partial charge in [0, 0.05) is 19.8 Å². The molecule has 0 fully saturated rings. The van der Waals surface area contributed by atoms with E-state index in [-0.39, 0.29) is 11.3 Å². The monoisotopic (exact) mass is 259 g/mol. The van der Waals surface area contributed by atoms with Crippen LogP contribution in [-0.2, 0) is 4.74 Å². The predicted octanol–water partition coefficient (Wildman–Crippen LogP) is 2.74. The fourth-order valence-electron chi connectivity index (χ4n) is 1.30. The second-order valence-electron chi connectivity index (χ2n) is 3.62. The van der Waals surface area contributed by atoms with E-state index in [1.165, 1.54) is 0 Å². The van der Waals surface area contributed by atoms with Crippen molar-refractivity contribution in [1.82, 2.24) is 5.32 Å². The number of hydrogen-bond donors (Lipinski definition) is 1. The Kier molecular flexibility index (Phi) is 6.08. The number of ether oxygens (including phenoxy) is 1. The summed E-state index contributed by atoms with van der Waals surface area (Å²) in [5, 5.41) is 2.53. The molecule has 1 rings (SSSR count). The molecule has 0 bridgehead atoms. The molecule has 0 aliphatic rings. The lowest BCUT2D eigenvalue weighted by atomic mass is 10.3. The average molecular weight is 260 g/mol. The van der Waals surface area contributed by atoms with Crippen molar-refractivity contribution >= 4 is 17.5 Å². The van der Waals surface area contributed by atoms with Crippen LogP contribution in [0.15, 0.2) is 16.5 Å². The molecule has 0 spiro atoms. The molecule has 1 heterocycles. The number of alkyl halides is 1. The van der Waals surface area contributed by atoms with Crippen LogP contribution in [0, 0.1) is 0 Å². The van der Waals surface area contributed by atoms with Crippen molar-refractivity contribution in [3.8, 4) is 0 Å². The Bertz CT molecular complexity index is 349. The molecule has 1 aromatic heterocycles. The van der Waals surface area contributed by atoms with Crippen LogP contribution in [0.3, 0.4) is 0 Å². The number of carbonyl (C=O) groups is 1. The van der Waals surface area contributed by atoms with Crippen molar-refractivity contribution in [2.45, 2.75) is 25.6 Å². The van der Waals surface area contributed by atoms with Gasteiger partial charge in [0.15, 0.2) is 5.76 Å². The second kappa shape index (κ2) is 7.35. The summed E-state index contributed by atoms with van der Waals surface area (Å²) in [6.07, 6.45) is 0.791. The number of nitrogens with one attached hydrogen (secondary N) is 1. The molecular formula is C12H18ClNO3. The van der Waals surface area contributed by atoms with Crippen molar-refractivity contribution in [3.63, 3.8) is 0 Å². The molecule has 5 heteroatoms. The van der Waals surface area contributed by atoms with E-state index in [0.29, 0.717) is 31.3 Å². The maximum atomic E-state index is 11.6. The van der Waals surface area contributed by atoms with Crippen LogP contribution in [0.1, 0.15) is 42.0 Å². The topological polar surface area (TPSA) is 51.5 Å². The Balaban J connectivity index is 2.31. The lowest BCUT2D eigenvalue weighted by Gasteiger charge is -2.03. The fraction of sp³-hybridized carbons (Fsp3) is 0.583. The summed E-state index contributed by atoms with van der Waals surface area (Å²) >= 11 is 5.84. The van der Waals surface area contributed by atoms with Crippen molar-refractivity contribution in [1.29, 1.82) is 0 Å². The van der Waals surface area contributed by atoms with Gasteiger partial charge < -0.3 is 14.5 Å². The molecule has 96 valence electrons. The molecule has 1 amide bonds. The third-order valence-electron chi connectivity index (χ3n) is 2.20. The molecule has 0 aliphatic heterocycles. The van der Waals surface area contributed by atoms with Crippen LogP contribution < -0.4 is 5.32 Å². The van der Waals surface area contributed by atoms with E-state index in [9.17, 15) is 4.79 Å². The smallest absolute Gasteiger partial charge is 0.286 e. The van der Waals surface area contributed by atoms with Crippen molar-refractivity contribution in [2.24, 2.45) is 0 Å². The van der Waals surface area contributed by atoms with Gasteiger partial charge in [-0.15, -0.1) is 11.6 Å². The maximum Gasteiger partial charge on any atom is 0.286 e. The van der Waals surface area contributed by atoms with Crippen molar-refractivity contribution < 1.29 is 13.9 Å². The molecule has 0 aromatic carbocycles. The van der Waals surface area contributed by atoms with E-state index in [4.69, 9.17) is 20.8 Å². The van der Waals surface area contributed by atoms with Gasteiger partial charge in [0.2, 0.25) is 0 Å². The number of carbonyl (C=O) groups excluding carboxylic acids is 1. The van der Waals surface area contributed by atoms with E-state index >= 15 is 0 Å². The van der Waals surface area contributed by atoms with Gasteiger partial charge in [-0.25, -0.2) is 0 Å². The summed E-state index contributed by atoms with van der Waals surface area (Å²) in [6, 6.07) is 3.35. The van der Waals surface area contributed by atoms with Crippen LogP contribution in [0.5, 0.6) is 0 Å². The van der Waals surface area contributed by atoms with Crippen LogP contribution in [0.25, 0.3) is 0 Å². The minimum absolute atomic E-state index is 0.218. The highest BCUT2D eigenvalue weighted by Crippen LogP contribution is 2.21. The van der Waals surface area contributed by atoms with Gasteiger partial charge in [-0.1, -0.05) is 0 Å². The number of amides is 1. The minimum Gasteiger partial charge on any atom is -0.454 e. The first kappa shape index (κ1) is 14.1. The molecule has 17 heavy (non-hydrogen) atoms. The van der Waals surface area contributed by atoms with E-state index in [1.807, 2.05) is 6.92 Å². The summed E-state index contributed by atoms with van der Waals surface area (Å²) in [5.74, 6) is 0.681. The first-order valence-corrected chi connectivity index (χ1v) is 6.18. The van der Waals surface area contributed by atoms with E-state index < -0.39 is 0 Å². The highest BCUT2D eigenvalue weighted by atomic mass is 35.5. The van der Waals surface area contributed by atoms with Crippen molar-refractivity contribution in [3.05, 3.63) is 23.7 Å². The molecular weight excluding hydrogens is 242 g/mol. The minimum atomic E-state index is -0.227. The Hall–Kier alpha value is -1.00. The summed E-state index contributed by atoms with van der Waals surface area (Å²) in [4.78, 5) is 11.6. The molecule has 0 radical (unpaired) electrons. The number of furan rings is 1. The third kappa shape index (κ3) is 4.79. The quantitative estimate of drug-likeness (QED) is 0.605. The third-order valence-corrected chi connectivity index (χ3v) is 2.41. The zero-order chi connectivity index (χ0) is 12.7. The highest BCUT2D eigenvalue weighted by molar-refractivity contribution is 6.20. The Morgan fingerprint density at radius 2 is 2.35 bits per heavy atom.